The summed E-state index contributed by atoms with van der Waals surface area (Å²) in [5.41, 5.74) is 9.43. The van der Waals surface area contributed by atoms with E-state index in [1.807, 2.05) is 36.5 Å². The average Bonchev–Trinajstić information content (AvgIpc) is 3.19. The summed E-state index contributed by atoms with van der Waals surface area (Å²) in [6.45, 7) is 3.63. The standard InChI is InChI=1S/C25H20N4O3/c1-24(13-30-14-24)7-6-18-10-20-22(12-28-18)32-21-5-4-16(17-3-2-8-27-11-17)9-19(21)25(20)15-31-23(26)29-25/h2-5,8-12H,13-15H2,1H3,(H2,26,29)/t25-/m0/s1. The molecule has 2 N–H and O–H groups in total. The lowest BCUT2D eigenvalue weighted by Gasteiger charge is -2.33. The molecule has 1 aromatic carbocycles. The molecule has 3 aliphatic rings. The molecule has 6 rings (SSSR count). The highest BCUT2D eigenvalue weighted by atomic mass is 16.5. The number of rotatable bonds is 1. The van der Waals surface area contributed by atoms with Gasteiger partial charge in [0.05, 0.1) is 24.8 Å². The van der Waals surface area contributed by atoms with Crippen LogP contribution in [0.2, 0.25) is 0 Å². The number of nitrogens with zero attached hydrogens (tertiary/aromatic N) is 3. The van der Waals surface area contributed by atoms with E-state index in [0.717, 1.165) is 22.3 Å². The molecule has 0 radical (unpaired) electrons. The van der Waals surface area contributed by atoms with Crippen molar-refractivity contribution in [1.29, 1.82) is 0 Å². The molecular formula is C25H20N4O3. The van der Waals surface area contributed by atoms with Crippen LogP contribution in [0.5, 0.6) is 11.5 Å². The summed E-state index contributed by atoms with van der Waals surface area (Å²) in [6, 6.07) is 12.0. The van der Waals surface area contributed by atoms with Crippen molar-refractivity contribution in [2.75, 3.05) is 19.8 Å². The second-order valence-electron chi connectivity index (χ2n) is 8.52. The van der Waals surface area contributed by atoms with Crippen LogP contribution in [0.1, 0.15) is 23.7 Å². The summed E-state index contributed by atoms with van der Waals surface area (Å²) >= 11 is 0. The summed E-state index contributed by atoms with van der Waals surface area (Å²) < 4.78 is 17.2. The number of amidine groups is 1. The zero-order valence-corrected chi connectivity index (χ0v) is 17.5. The molecule has 0 saturated carbocycles. The van der Waals surface area contributed by atoms with Crippen LogP contribution in [0, 0.1) is 17.3 Å². The van der Waals surface area contributed by atoms with Gasteiger partial charge in [-0.05, 0) is 42.7 Å². The van der Waals surface area contributed by atoms with Crippen LogP contribution >= 0.6 is 0 Å². The smallest absolute Gasteiger partial charge is 0.283 e. The van der Waals surface area contributed by atoms with Gasteiger partial charge in [0.2, 0.25) is 0 Å². The highest BCUT2D eigenvalue weighted by Crippen LogP contribution is 2.51. The van der Waals surface area contributed by atoms with Crippen molar-refractivity contribution < 1.29 is 14.2 Å². The van der Waals surface area contributed by atoms with Crippen LogP contribution < -0.4 is 10.5 Å². The molecule has 7 heteroatoms. The van der Waals surface area contributed by atoms with E-state index < -0.39 is 5.54 Å². The number of hydrogen-bond donors (Lipinski definition) is 1. The Morgan fingerprint density at radius 1 is 1.00 bits per heavy atom. The van der Waals surface area contributed by atoms with Gasteiger partial charge in [-0.15, -0.1) is 0 Å². The van der Waals surface area contributed by atoms with E-state index in [2.05, 4.69) is 34.8 Å². The summed E-state index contributed by atoms with van der Waals surface area (Å²) in [5, 5.41) is 0. The maximum Gasteiger partial charge on any atom is 0.283 e. The zero-order valence-electron chi connectivity index (χ0n) is 17.5. The van der Waals surface area contributed by atoms with Crippen molar-refractivity contribution in [2.24, 2.45) is 16.1 Å². The van der Waals surface area contributed by atoms with Gasteiger partial charge in [0.25, 0.3) is 6.02 Å². The Kier molecular flexibility index (Phi) is 4.01. The van der Waals surface area contributed by atoms with Gasteiger partial charge in [0, 0.05) is 29.1 Å². The number of ether oxygens (including phenoxy) is 3. The normalized spacial score (nSPS) is 21.7. The topological polar surface area (TPSA) is 91.9 Å². The SMILES string of the molecule is CC1(C#Cc2cc3c(cn2)Oc2ccc(-c4cccnc4)cc2[C@@]32COC(N)=N2)COC1. The average molecular weight is 424 g/mol. The van der Waals surface area contributed by atoms with Gasteiger partial charge < -0.3 is 19.9 Å². The minimum atomic E-state index is -0.825. The quantitative estimate of drug-likeness (QED) is 0.603. The van der Waals surface area contributed by atoms with Crippen molar-refractivity contribution in [3.8, 4) is 34.5 Å². The van der Waals surface area contributed by atoms with E-state index in [1.54, 1.807) is 12.4 Å². The third kappa shape index (κ3) is 2.92. The molecule has 7 nitrogen and oxygen atoms in total. The Hall–Kier alpha value is -3.89. The first-order valence-corrected chi connectivity index (χ1v) is 10.4. The number of fused-ring (bicyclic) bond motifs is 4. The third-order valence-corrected chi connectivity index (χ3v) is 6.02. The number of nitrogens with two attached hydrogens (primary N) is 1. The van der Waals surface area contributed by atoms with E-state index >= 15 is 0 Å². The summed E-state index contributed by atoms with van der Waals surface area (Å²) in [7, 11) is 0. The summed E-state index contributed by atoms with van der Waals surface area (Å²) in [5.74, 6) is 7.79. The molecule has 1 atom stereocenters. The van der Waals surface area contributed by atoms with Gasteiger partial charge in [-0.25, -0.2) is 9.98 Å². The molecule has 3 aromatic rings. The van der Waals surface area contributed by atoms with E-state index in [1.165, 1.54) is 0 Å². The summed E-state index contributed by atoms with van der Waals surface area (Å²) in [6.07, 6.45) is 5.28. The molecule has 158 valence electrons. The number of hydrogen-bond acceptors (Lipinski definition) is 7. The fourth-order valence-electron chi connectivity index (χ4n) is 4.24. The maximum absolute atomic E-state index is 6.21. The lowest BCUT2D eigenvalue weighted by atomic mass is 9.80. The van der Waals surface area contributed by atoms with Gasteiger partial charge in [-0.2, -0.15) is 0 Å². The number of benzene rings is 1. The van der Waals surface area contributed by atoms with E-state index in [9.17, 15) is 0 Å². The molecule has 3 aliphatic heterocycles. The molecule has 0 amide bonds. The van der Waals surface area contributed by atoms with E-state index in [-0.39, 0.29) is 18.0 Å². The molecule has 5 heterocycles. The van der Waals surface area contributed by atoms with Crippen molar-refractivity contribution in [2.45, 2.75) is 12.5 Å². The third-order valence-electron chi connectivity index (χ3n) is 6.02. The van der Waals surface area contributed by atoms with Crippen LogP contribution in [0.25, 0.3) is 11.1 Å². The van der Waals surface area contributed by atoms with Crippen LogP contribution in [-0.4, -0.2) is 35.8 Å². The Bertz CT molecular complexity index is 1320. The lowest BCUT2D eigenvalue weighted by molar-refractivity contribution is -0.0648. The van der Waals surface area contributed by atoms with E-state index in [0.29, 0.717) is 30.4 Å². The highest BCUT2D eigenvalue weighted by molar-refractivity contribution is 5.78. The minimum absolute atomic E-state index is 0.129. The Balaban J connectivity index is 1.49. The van der Waals surface area contributed by atoms with Gasteiger partial charge in [0.1, 0.15) is 18.1 Å². The molecular weight excluding hydrogens is 404 g/mol. The van der Waals surface area contributed by atoms with Crippen LogP contribution in [0.15, 0.2) is 60.0 Å². The van der Waals surface area contributed by atoms with Crippen molar-refractivity contribution in [1.82, 2.24) is 9.97 Å². The van der Waals surface area contributed by atoms with Gasteiger partial charge in [-0.1, -0.05) is 18.1 Å². The minimum Gasteiger partial charge on any atom is -0.462 e. The Morgan fingerprint density at radius 2 is 1.88 bits per heavy atom. The fourth-order valence-corrected chi connectivity index (χ4v) is 4.24. The van der Waals surface area contributed by atoms with Gasteiger partial charge in [0.15, 0.2) is 11.3 Å². The largest absolute Gasteiger partial charge is 0.462 e. The highest BCUT2D eigenvalue weighted by Gasteiger charge is 2.47. The van der Waals surface area contributed by atoms with Crippen molar-refractivity contribution >= 4 is 6.02 Å². The number of aliphatic imine (C=N–C) groups is 1. The first kappa shape index (κ1) is 18.8. The fraction of sp³-hybridized carbons (Fsp3) is 0.240. The van der Waals surface area contributed by atoms with Crippen molar-refractivity contribution in [3.63, 3.8) is 0 Å². The molecule has 0 aliphatic carbocycles. The molecule has 0 unspecified atom stereocenters. The molecule has 2 aromatic heterocycles. The predicted octanol–water partition coefficient (Wildman–Crippen LogP) is 3.23. The number of pyridine rings is 2. The van der Waals surface area contributed by atoms with Crippen LogP contribution in [-0.2, 0) is 15.0 Å². The summed E-state index contributed by atoms with van der Waals surface area (Å²) in [4.78, 5) is 13.5. The molecule has 32 heavy (non-hydrogen) atoms. The zero-order chi connectivity index (χ0) is 21.8. The second kappa shape index (κ2) is 6.81. The van der Waals surface area contributed by atoms with Crippen molar-refractivity contribution in [3.05, 3.63) is 71.8 Å². The molecule has 1 spiro atoms. The van der Waals surface area contributed by atoms with E-state index in [4.69, 9.17) is 24.9 Å². The molecule has 0 bridgehead atoms. The monoisotopic (exact) mass is 424 g/mol. The Morgan fingerprint density at radius 3 is 2.59 bits per heavy atom. The first-order valence-electron chi connectivity index (χ1n) is 10.4. The lowest BCUT2D eigenvalue weighted by Crippen LogP contribution is -2.38. The van der Waals surface area contributed by atoms with Gasteiger partial charge in [-0.3, -0.25) is 4.98 Å². The van der Waals surface area contributed by atoms with Gasteiger partial charge >= 0.3 is 0 Å². The van der Waals surface area contributed by atoms with Crippen LogP contribution in [0.4, 0.5) is 0 Å². The predicted molar refractivity (Wildman–Crippen MR) is 118 cm³/mol. The first-order chi connectivity index (χ1) is 15.5. The van der Waals surface area contributed by atoms with Crippen LogP contribution in [0.3, 0.4) is 0 Å². The molecule has 1 saturated heterocycles. The second-order valence-corrected chi connectivity index (χ2v) is 8.52. The maximum atomic E-state index is 6.21. The molecule has 1 fully saturated rings. The number of aromatic nitrogens is 2. The Labute approximate surface area is 185 Å².